The van der Waals surface area contributed by atoms with Crippen molar-refractivity contribution in [1.29, 1.82) is 0 Å². The van der Waals surface area contributed by atoms with Crippen LogP contribution in [0.2, 0.25) is 0 Å². The number of nitrogens with one attached hydrogen (secondary N) is 2. The van der Waals surface area contributed by atoms with Crippen LogP contribution >= 0.6 is 22.7 Å². The summed E-state index contributed by atoms with van der Waals surface area (Å²) in [4.78, 5) is 19.6. The minimum absolute atomic E-state index is 0.00124. The molecule has 142 valence electrons. The summed E-state index contributed by atoms with van der Waals surface area (Å²) in [6, 6.07) is 9.83. The summed E-state index contributed by atoms with van der Waals surface area (Å²) in [5.74, 6) is 0.280. The first kappa shape index (κ1) is 18.3. The second kappa shape index (κ2) is 7.49. The van der Waals surface area contributed by atoms with E-state index in [9.17, 15) is 4.79 Å². The molecule has 0 spiro atoms. The van der Waals surface area contributed by atoms with Gasteiger partial charge in [0.1, 0.15) is 0 Å². The highest BCUT2D eigenvalue weighted by Crippen LogP contribution is 2.31. The fourth-order valence-corrected chi connectivity index (χ4v) is 4.13. The van der Waals surface area contributed by atoms with E-state index in [1.807, 2.05) is 30.3 Å². The van der Waals surface area contributed by atoms with Gasteiger partial charge in [0.15, 0.2) is 27.6 Å². The molecule has 0 aliphatic rings. The molecule has 3 heterocycles. The Bertz CT molecular complexity index is 1120. The number of hydrogen-bond acceptors (Lipinski definition) is 9. The van der Waals surface area contributed by atoms with E-state index >= 15 is 0 Å². The number of aromatic nitrogens is 4. The van der Waals surface area contributed by atoms with E-state index in [-0.39, 0.29) is 11.6 Å². The number of hydrogen-bond donors (Lipinski definition) is 3. The van der Waals surface area contributed by atoms with Crippen molar-refractivity contribution in [3.05, 3.63) is 47.0 Å². The fraction of sp³-hybridized carbons (Fsp3) is 0.167. The summed E-state index contributed by atoms with van der Waals surface area (Å²) in [6.07, 6.45) is 0. The van der Waals surface area contributed by atoms with Crippen LogP contribution in [0.5, 0.6) is 0 Å². The zero-order chi connectivity index (χ0) is 19.7. The second-order valence-electron chi connectivity index (χ2n) is 6.27. The normalized spacial score (nSPS) is 11.1. The maximum Gasteiger partial charge on any atom is 0.355 e. The number of carbonyl (C=O) groups is 1. The van der Waals surface area contributed by atoms with Crippen LogP contribution in [0.1, 0.15) is 35.8 Å². The number of fused-ring (bicyclic) bond motifs is 1. The minimum Gasteiger partial charge on any atom is -0.476 e. The Morgan fingerprint density at radius 1 is 1.11 bits per heavy atom. The lowest BCUT2D eigenvalue weighted by Gasteiger charge is -2.13. The van der Waals surface area contributed by atoms with Crippen LogP contribution < -0.4 is 10.6 Å². The highest BCUT2D eigenvalue weighted by molar-refractivity contribution is 7.22. The molecule has 0 aliphatic carbocycles. The maximum absolute atomic E-state index is 11.0. The van der Waals surface area contributed by atoms with Gasteiger partial charge in [0, 0.05) is 10.9 Å². The fourth-order valence-electron chi connectivity index (χ4n) is 2.57. The molecule has 4 rings (SSSR count). The first-order valence-electron chi connectivity index (χ1n) is 8.45. The van der Waals surface area contributed by atoms with E-state index in [1.165, 1.54) is 16.7 Å². The molecule has 10 heteroatoms. The van der Waals surface area contributed by atoms with Crippen LogP contribution in [0.25, 0.3) is 10.2 Å². The molecule has 3 N–H and O–H groups in total. The standard InChI is InChI=1S/C18H16N6O2S2/c1-9(2)10-7-14(21-17-20-12(8-27-17)16(25)26)23-24-15(10)22-18-19-11-5-3-4-6-13(11)28-18/h3-9H,1-2H3,(H,25,26)(H,19,22,24)(H,20,21,23). The Kier molecular flexibility index (Phi) is 4.88. The molecule has 0 saturated carbocycles. The van der Waals surface area contributed by atoms with Gasteiger partial charge in [-0.1, -0.05) is 37.3 Å². The largest absolute Gasteiger partial charge is 0.476 e. The van der Waals surface area contributed by atoms with Crippen molar-refractivity contribution in [2.45, 2.75) is 19.8 Å². The van der Waals surface area contributed by atoms with E-state index in [0.29, 0.717) is 16.8 Å². The molecule has 0 amide bonds. The van der Waals surface area contributed by atoms with E-state index in [1.54, 1.807) is 11.3 Å². The number of carboxylic acid groups (broad SMARTS) is 1. The van der Waals surface area contributed by atoms with Gasteiger partial charge in [0.25, 0.3) is 0 Å². The number of anilines is 4. The molecular weight excluding hydrogens is 396 g/mol. The summed E-state index contributed by atoms with van der Waals surface area (Å²) in [5.41, 5.74) is 1.90. The molecule has 0 radical (unpaired) electrons. The van der Waals surface area contributed by atoms with Crippen LogP contribution in [0.4, 0.5) is 21.9 Å². The molecule has 3 aromatic heterocycles. The number of carboxylic acids is 1. The van der Waals surface area contributed by atoms with Crippen molar-refractivity contribution in [3.8, 4) is 0 Å². The smallest absolute Gasteiger partial charge is 0.355 e. The van der Waals surface area contributed by atoms with E-state index in [0.717, 1.165) is 20.9 Å². The van der Waals surface area contributed by atoms with Gasteiger partial charge in [-0.05, 0) is 24.1 Å². The van der Waals surface area contributed by atoms with Crippen LogP contribution in [-0.2, 0) is 0 Å². The van der Waals surface area contributed by atoms with Crippen molar-refractivity contribution in [3.63, 3.8) is 0 Å². The molecule has 0 bridgehead atoms. The Morgan fingerprint density at radius 2 is 1.93 bits per heavy atom. The van der Waals surface area contributed by atoms with Gasteiger partial charge in [-0.25, -0.2) is 14.8 Å². The number of aromatic carboxylic acids is 1. The molecular formula is C18H16N6O2S2. The third-order valence-electron chi connectivity index (χ3n) is 3.92. The van der Waals surface area contributed by atoms with E-state index in [2.05, 4.69) is 44.6 Å². The zero-order valence-electron chi connectivity index (χ0n) is 15.0. The number of benzene rings is 1. The molecule has 0 unspecified atom stereocenters. The summed E-state index contributed by atoms with van der Waals surface area (Å²) < 4.78 is 1.10. The minimum atomic E-state index is -1.06. The number of nitrogens with zero attached hydrogens (tertiary/aromatic N) is 4. The van der Waals surface area contributed by atoms with Crippen molar-refractivity contribution < 1.29 is 9.90 Å². The van der Waals surface area contributed by atoms with Gasteiger partial charge in [0.2, 0.25) is 0 Å². The highest BCUT2D eigenvalue weighted by Gasteiger charge is 2.15. The van der Waals surface area contributed by atoms with Crippen LogP contribution in [-0.4, -0.2) is 31.2 Å². The molecule has 28 heavy (non-hydrogen) atoms. The van der Waals surface area contributed by atoms with Crippen molar-refractivity contribution in [2.24, 2.45) is 0 Å². The molecule has 4 aromatic rings. The number of para-hydroxylation sites is 1. The Hall–Kier alpha value is -3.11. The summed E-state index contributed by atoms with van der Waals surface area (Å²) >= 11 is 2.76. The van der Waals surface area contributed by atoms with Gasteiger partial charge < -0.3 is 15.7 Å². The van der Waals surface area contributed by atoms with Crippen LogP contribution in [0, 0.1) is 0 Å². The third kappa shape index (κ3) is 3.78. The zero-order valence-corrected chi connectivity index (χ0v) is 16.6. The SMILES string of the molecule is CC(C)c1cc(Nc2nc(C(=O)O)cs2)nnc1Nc1nc2ccccc2s1. The average molecular weight is 413 g/mol. The lowest BCUT2D eigenvalue weighted by molar-refractivity contribution is 0.0691. The van der Waals surface area contributed by atoms with Crippen molar-refractivity contribution in [1.82, 2.24) is 20.2 Å². The third-order valence-corrected chi connectivity index (χ3v) is 5.63. The van der Waals surface area contributed by atoms with Crippen LogP contribution in [0.3, 0.4) is 0 Å². The summed E-state index contributed by atoms with van der Waals surface area (Å²) in [5, 5.41) is 26.5. The molecule has 0 aliphatic heterocycles. The highest BCUT2D eigenvalue weighted by atomic mass is 32.1. The second-order valence-corrected chi connectivity index (χ2v) is 8.16. The Balaban J connectivity index is 1.60. The number of rotatable bonds is 6. The molecule has 1 aromatic carbocycles. The topological polar surface area (TPSA) is 113 Å². The number of thiazole rings is 2. The predicted molar refractivity (Wildman–Crippen MR) is 111 cm³/mol. The van der Waals surface area contributed by atoms with Crippen molar-refractivity contribution in [2.75, 3.05) is 10.6 Å². The van der Waals surface area contributed by atoms with Gasteiger partial charge in [-0.15, -0.1) is 21.5 Å². The predicted octanol–water partition coefficient (Wildman–Crippen LogP) is 4.85. The molecule has 0 atom stereocenters. The van der Waals surface area contributed by atoms with Gasteiger partial charge in [-0.2, -0.15) is 0 Å². The maximum atomic E-state index is 11.0. The lowest BCUT2D eigenvalue weighted by atomic mass is 10.1. The van der Waals surface area contributed by atoms with Crippen LogP contribution in [0.15, 0.2) is 35.7 Å². The Labute approximate surface area is 168 Å². The first-order chi connectivity index (χ1) is 13.5. The molecule has 0 saturated heterocycles. The lowest BCUT2D eigenvalue weighted by Crippen LogP contribution is -2.05. The quantitative estimate of drug-likeness (QED) is 0.412. The van der Waals surface area contributed by atoms with Gasteiger partial charge >= 0.3 is 5.97 Å². The van der Waals surface area contributed by atoms with Gasteiger partial charge in [0.05, 0.1) is 10.2 Å². The van der Waals surface area contributed by atoms with Gasteiger partial charge in [-0.3, -0.25) is 0 Å². The van der Waals surface area contributed by atoms with Crippen molar-refractivity contribution >= 4 is 60.8 Å². The Morgan fingerprint density at radius 3 is 2.64 bits per heavy atom. The van der Waals surface area contributed by atoms with E-state index < -0.39 is 5.97 Å². The molecule has 8 nitrogen and oxygen atoms in total. The molecule has 0 fully saturated rings. The summed E-state index contributed by atoms with van der Waals surface area (Å²) in [7, 11) is 0. The van der Waals surface area contributed by atoms with E-state index in [4.69, 9.17) is 5.11 Å². The summed E-state index contributed by atoms with van der Waals surface area (Å²) in [6.45, 7) is 4.13. The average Bonchev–Trinajstić information content (AvgIpc) is 3.29. The monoisotopic (exact) mass is 412 g/mol. The first-order valence-corrected chi connectivity index (χ1v) is 10.2.